The lowest BCUT2D eigenvalue weighted by Crippen LogP contribution is -2.47. The van der Waals surface area contributed by atoms with E-state index in [1.54, 1.807) is 7.11 Å². The van der Waals surface area contributed by atoms with Gasteiger partial charge in [-0.05, 0) is 29.8 Å². The quantitative estimate of drug-likeness (QED) is 0.423. The fourth-order valence-corrected chi connectivity index (χ4v) is 5.01. The van der Waals surface area contributed by atoms with Crippen LogP contribution in [0, 0.1) is 0 Å². The molecule has 1 aromatic heterocycles. The molecule has 2 N–H and O–H groups in total. The minimum absolute atomic E-state index is 0.00163. The van der Waals surface area contributed by atoms with E-state index in [4.69, 9.17) is 9.47 Å². The minimum atomic E-state index is -0.0383. The lowest BCUT2D eigenvalue weighted by Gasteiger charge is -2.33. The number of nitrogens with zero attached hydrogens (tertiary/aromatic N) is 3. The second-order valence-corrected chi connectivity index (χ2v) is 9.73. The van der Waals surface area contributed by atoms with Gasteiger partial charge >= 0.3 is 0 Å². The van der Waals surface area contributed by atoms with Crippen molar-refractivity contribution in [1.82, 2.24) is 20.4 Å². The average molecular weight is 486 g/mol. The predicted octanol–water partition coefficient (Wildman–Crippen LogP) is 3.40. The molecular weight excluding hydrogens is 458 g/mol. The molecule has 1 fully saturated rings. The number of amides is 1. The molecule has 0 radical (unpaired) electrons. The number of rotatable bonds is 10. The van der Waals surface area contributed by atoms with Gasteiger partial charge in [-0.1, -0.05) is 53.4 Å². The molecule has 3 aromatic rings. The highest BCUT2D eigenvalue weighted by Crippen LogP contribution is 2.28. The van der Waals surface area contributed by atoms with Gasteiger partial charge in [0.2, 0.25) is 11.0 Å². The molecule has 1 saturated heterocycles. The maximum atomic E-state index is 12.3. The Morgan fingerprint density at radius 1 is 1.21 bits per heavy atom. The van der Waals surface area contributed by atoms with Crippen molar-refractivity contribution in [3.63, 3.8) is 0 Å². The number of anilines is 2. The zero-order valence-corrected chi connectivity index (χ0v) is 20.0. The molecule has 2 aromatic carbocycles. The molecule has 0 spiro atoms. The van der Waals surface area contributed by atoms with Crippen molar-refractivity contribution >= 4 is 39.8 Å². The highest BCUT2D eigenvalue weighted by molar-refractivity contribution is 8.01. The molecular formula is C23H27N5O3S2. The van der Waals surface area contributed by atoms with Gasteiger partial charge in [-0.2, -0.15) is 0 Å². The summed E-state index contributed by atoms with van der Waals surface area (Å²) in [5.41, 5.74) is 2.19. The van der Waals surface area contributed by atoms with Crippen molar-refractivity contribution in [2.45, 2.75) is 17.0 Å². The van der Waals surface area contributed by atoms with Crippen molar-refractivity contribution in [3.05, 3.63) is 60.2 Å². The van der Waals surface area contributed by atoms with E-state index >= 15 is 0 Å². The first kappa shape index (κ1) is 23.5. The average Bonchev–Trinajstić information content (AvgIpc) is 3.30. The number of aromatic nitrogens is 2. The molecule has 0 bridgehead atoms. The van der Waals surface area contributed by atoms with E-state index in [-0.39, 0.29) is 17.8 Å². The molecule has 2 heterocycles. The van der Waals surface area contributed by atoms with E-state index in [0.717, 1.165) is 35.4 Å². The summed E-state index contributed by atoms with van der Waals surface area (Å²) in [7, 11) is 1.63. The Morgan fingerprint density at radius 2 is 2.03 bits per heavy atom. The van der Waals surface area contributed by atoms with Crippen LogP contribution in [0.2, 0.25) is 0 Å². The Bertz CT molecular complexity index is 1020. The number of benzene rings is 2. The summed E-state index contributed by atoms with van der Waals surface area (Å²) in [4.78, 5) is 14.7. The largest absolute Gasteiger partial charge is 0.497 e. The minimum Gasteiger partial charge on any atom is -0.497 e. The number of methoxy groups -OCH3 is 1. The molecule has 33 heavy (non-hydrogen) atoms. The third kappa shape index (κ3) is 7.43. The Labute approximate surface area is 201 Å². The number of morpholine rings is 1. The highest BCUT2D eigenvalue weighted by atomic mass is 32.2. The smallest absolute Gasteiger partial charge is 0.230 e. The Hall–Kier alpha value is -2.66. The second kappa shape index (κ2) is 12.0. The number of thioether (sulfide) groups is 1. The molecule has 0 saturated carbocycles. The van der Waals surface area contributed by atoms with E-state index in [2.05, 4.69) is 50.0 Å². The molecule has 8 nitrogen and oxygen atoms in total. The molecule has 1 unspecified atom stereocenters. The number of hydrogen-bond donors (Lipinski definition) is 2. The number of ether oxygens (including phenoxy) is 2. The standard InChI is InChI=1S/C23H27N5O3S2/c1-30-19-9-7-18(8-10-19)25-22-26-27-23(33-22)32-16-21(29)24-13-20-15-28(11-12-31-20)14-17-5-3-2-4-6-17/h2-10,20H,11-16H2,1H3,(H,24,29)(H,25,26). The van der Waals surface area contributed by atoms with E-state index in [1.165, 1.54) is 28.7 Å². The van der Waals surface area contributed by atoms with Crippen molar-refractivity contribution < 1.29 is 14.3 Å². The van der Waals surface area contributed by atoms with E-state index < -0.39 is 0 Å². The van der Waals surface area contributed by atoms with Crippen LogP contribution in [0.15, 0.2) is 58.9 Å². The van der Waals surface area contributed by atoms with Crippen LogP contribution < -0.4 is 15.4 Å². The molecule has 0 aliphatic carbocycles. The number of nitrogens with one attached hydrogen (secondary N) is 2. The van der Waals surface area contributed by atoms with Crippen LogP contribution in [-0.4, -0.2) is 66.2 Å². The number of carbonyl (C=O) groups is 1. The summed E-state index contributed by atoms with van der Waals surface area (Å²) in [5, 5.41) is 15.2. The van der Waals surface area contributed by atoms with Crippen molar-refractivity contribution in [2.24, 2.45) is 0 Å². The first-order valence-electron chi connectivity index (χ1n) is 10.7. The molecule has 1 amide bonds. The molecule has 1 aliphatic rings. The van der Waals surface area contributed by atoms with Gasteiger partial charge < -0.3 is 20.1 Å². The van der Waals surface area contributed by atoms with E-state index in [9.17, 15) is 4.79 Å². The zero-order valence-electron chi connectivity index (χ0n) is 18.4. The van der Waals surface area contributed by atoms with Gasteiger partial charge in [-0.3, -0.25) is 9.69 Å². The first-order chi connectivity index (χ1) is 16.2. The SMILES string of the molecule is COc1ccc(Nc2nnc(SCC(=O)NCC3CN(Cc4ccccc4)CCO3)s2)cc1. The summed E-state index contributed by atoms with van der Waals surface area (Å²) in [6, 6.07) is 18.0. The van der Waals surface area contributed by atoms with Crippen LogP contribution in [0.25, 0.3) is 0 Å². The Morgan fingerprint density at radius 3 is 2.82 bits per heavy atom. The van der Waals surface area contributed by atoms with Crippen LogP contribution in [0.3, 0.4) is 0 Å². The first-order valence-corrected chi connectivity index (χ1v) is 12.5. The molecule has 4 rings (SSSR count). The van der Waals surface area contributed by atoms with Gasteiger partial charge in [0.1, 0.15) is 5.75 Å². The number of hydrogen-bond acceptors (Lipinski definition) is 9. The lowest BCUT2D eigenvalue weighted by molar-refractivity contribution is -0.119. The summed E-state index contributed by atoms with van der Waals surface area (Å²) in [6.45, 7) is 3.79. The fraction of sp³-hybridized carbons (Fsp3) is 0.348. The van der Waals surface area contributed by atoms with Gasteiger partial charge in [0.25, 0.3) is 0 Å². The molecule has 1 aliphatic heterocycles. The van der Waals surface area contributed by atoms with Gasteiger partial charge in [0.05, 0.1) is 25.6 Å². The van der Waals surface area contributed by atoms with Gasteiger partial charge in [-0.15, -0.1) is 10.2 Å². The number of carbonyl (C=O) groups excluding carboxylic acids is 1. The monoisotopic (exact) mass is 485 g/mol. The van der Waals surface area contributed by atoms with Crippen molar-refractivity contribution in [2.75, 3.05) is 44.4 Å². The van der Waals surface area contributed by atoms with Crippen molar-refractivity contribution in [3.8, 4) is 5.75 Å². The third-order valence-corrected chi connectivity index (χ3v) is 7.05. The normalized spacial score (nSPS) is 16.3. The lowest BCUT2D eigenvalue weighted by atomic mass is 10.2. The van der Waals surface area contributed by atoms with Crippen molar-refractivity contribution in [1.29, 1.82) is 0 Å². The maximum Gasteiger partial charge on any atom is 0.230 e. The summed E-state index contributed by atoms with van der Waals surface area (Å²) >= 11 is 2.79. The van der Waals surface area contributed by atoms with Crippen LogP contribution in [0.4, 0.5) is 10.8 Å². The third-order valence-electron chi connectivity index (χ3n) is 5.07. The van der Waals surface area contributed by atoms with E-state index in [0.29, 0.717) is 18.3 Å². The molecule has 174 valence electrons. The van der Waals surface area contributed by atoms with Gasteiger partial charge in [-0.25, -0.2) is 0 Å². The molecule has 1 atom stereocenters. The second-order valence-electron chi connectivity index (χ2n) is 7.53. The van der Waals surface area contributed by atoms with E-state index in [1.807, 2.05) is 30.3 Å². The van der Waals surface area contributed by atoms with Crippen LogP contribution >= 0.6 is 23.1 Å². The van der Waals surface area contributed by atoms with Gasteiger partial charge in [0.15, 0.2) is 4.34 Å². The predicted molar refractivity (Wildman–Crippen MR) is 131 cm³/mol. The van der Waals surface area contributed by atoms with Crippen LogP contribution in [0.1, 0.15) is 5.56 Å². The zero-order chi connectivity index (χ0) is 22.9. The summed E-state index contributed by atoms with van der Waals surface area (Å²) in [6.07, 6.45) is -0.00163. The topological polar surface area (TPSA) is 88.6 Å². The summed E-state index contributed by atoms with van der Waals surface area (Å²) < 4.78 is 11.7. The van der Waals surface area contributed by atoms with Crippen LogP contribution in [-0.2, 0) is 16.1 Å². The molecule has 10 heteroatoms. The Balaban J connectivity index is 1.16. The van der Waals surface area contributed by atoms with Gasteiger partial charge in [0, 0.05) is 31.9 Å². The summed E-state index contributed by atoms with van der Waals surface area (Å²) in [5.74, 6) is 1.05. The Kier molecular flexibility index (Phi) is 8.53. The highest BCUT2D eigenvalue weighted by Gasteiger charge is 2.21. The van der Waals surface area contributed by atoms with Crippen LogP contribution in [0.5, 0.6) is 5.75 Å². The fourth-order valence-electron chi connectivity index (χ4n) is 3.41. The maximum absolute atomic E-state index is 12.3.